The molecule has 23 heteroatoms. The van der Waals surface area contributed by atoms with Crippen LogP contribution in [0.5, 0.6) is 5.75 Å². The first-order valence-electron chi connectivity index (χ1n) is 24.9. The number of aliphatic hydroxyl groups is 6. The minimum Gasteiger partial charge on any atom is -0.506 e. The fraction of sp³-hybridized carbons (Fsp3) is 0.848. The molecule has 1 rings (SSSR count). The summed E-state index contributed by atoms with van der Waals surface area (Å²) in [5.74, 6) is -1.11. The third kappa shape index (κ3) is 31.7. The van der Waals surface area contributed by atoms with Gasteiger partial charge in [-0.05, 0) is 45.8 Å². The van der Waals surface area contributed by atoms with Gasteiger partial charge >= 0.3 is 11.9 Å². The molecule has 0 fully saturated rings. The van der Waals surface area contributed by atoms with Gasteiger partial charge in [0.2, 0.25) is 0 Å². The number of rotatable bonds is 47. The number of aryl methyl sites for hydroxylation is 1. The Morgan fingerprint density at radius 3 is 1.48 bits per heavy atom. The van der Waals surface area contributed by atoms with Crippen molar-refractivity contribution in [3.8, 4) is 5.75 Å². The van der Waals surface area contributed by atoms with Crippen LogP contribution in [-0.4, -0.2) is 229 Å². The zero-order valence-electron chi connectivity index (χ0n) is 41.9. The van der Waals surface area contributed by atoms with Crippen molar-refractivity contribution in [2.45, 2.75) is 129 Å². The number of esters is 2. The number of hydrogen-bond acceptors (Lipinski definition) is 22. The number of aromatic hydroxyl groups is 1. The SMILES string of the molecule is CCCCNCCN(CCCC)CCNCCC(=O)OCC(O)C(O)C(O)COCC(O)C(O)C(O)COC(=O)CCNCCN(CCNCCCC)CCNCc1c(COPO)cnc(C)c1O. The van der Waals surface area contributed by atoms with Crippen molar-refractivity contribution in [1.29, 1.82) is 0 Å². The van der Waals surface area contributed by atoms with Gasteiger partial charge in [-0.15, -0.1) is 0 Å². The molecule has 69 heavy (non-hydrogen) atoms. The highest BCUT2D eigenvalue weighted by Crippen LogP contribution is 2.25. The summed E-state index contributed by atoms with van der Waals surface area (Å²) in [7, 11) is -0.670. The maximum absolute atomic E-state index is 12.4. The number of ether oxygens (including phenoxy) is 3. The predicted octanol–water partition coefficient (Wildman–Crippen LogP) is -1.39. The van der Waals surface area contributed by atoms with Gasteiger partial charge in [-0.25, -0.2) is 0 Å². The van der Waals surface area contributed by atoms with Crippen LogP contribution >= 0.6 is 9.03 Å². The lowest BCUT2D eigenvalue weighted by molar-refractivity contribution is -0.156. The van der Waals surface area contributed by atoms with E-state index in [1.165, 1.54) is 0 Å². The van der Waals surface area contributed by atoms with Gasteiger partial charge in [-0.3, -0.25) is 19.5 Å². The van der Waals surface area contributed by atoms with E-state index in [1.54, 1.807) is 13.1 Å². The van der Waals surface area contributed by atoms with E-state index in [9.17, 15) is 45.3 Å². The molecule has 1 heterocycles. The minimum absolute atomic E-state index is 0.00917. The highest BCUT2D eigenvalue weighted by Gasteiger charge is 2.29. The molecule has 13 N–H and O–H groups in total. The Balaban J connectivity index is 2.33. The number of aromatic nitrogens is 1. The highest BCUT2D eigenvalue weighted by atomic mass is 31.1. The standard InChI is InChI=1S/C46H91N8O14P/c1-5-8-13-47-17-23-53(22-10-7-3)24-19-49-15-11-42(59)66-33-40(57)45(62)38(55)31-65-32-39(56)46(63)41(58)34-67-43(60)12-16-50-20-26-54(25-18-48-14-9-6-2)27-21-51-29-37-36(30-68-69-64)28-52-35(4)44(37)61/h28,38-41,45-51,55-58,61-64,69H,5-27,29-34H2,1-4H3. The second-order valence-electron chi connectivity index (χ2n) is 17.2. The molecule has 7 unspecified atom stereocenters. The molecule has 1 aromatic heterocycles. The van der Waals surface area contributed by atoms with E-state index >= 15 is 0 Å². The van der Waals surface area contributed by atoms with Crippen LogP contribution in [0.4, 0.5) is 0 Å². The third-order valence-corrected chi connectivity index (χ3v) is 11.6. The van der Waals surface area contributed by atoms with E-state index in [2.05, 4.69) is 62.1 Å². The average Bonchev–Trinajstić information content (AvgIpc) is 3.34. The molecule has 0 aliphatic heterocycles. The summed E-state index contributed by atoms with van der Waals surface area (Å²) in [5, 5.41) is 89.2. The summed E-state index contributed by atoms with van der Waals surface area (Å²) in [5.41, 5.74) is 1.87. The maximum atomic E-state index is 12.4. The Morgan fingerprint density at radius 1 is 0.609 bits per heavy atom. The average molecular weight is 1010 g/mol. The molecule has 22 nitrogen and oxygen atoms in total. The molecule has 0 bridgehead atoms. The highest BCUT2D eigenvalue weighted by molar-refractivity contribution is 7.24. The number of pyridine rings is 1. The predicted molar refractivity (Wildman–Crippen MR) is 265 cm³/mol. The van der Waals surface area contributed by atoms with Gasteiger partial charge in [0.1, 0.15) is 55.6 Å². The van der Waals surface area contributed by atoms with Gasteiger partial charge in [-0.1, -0.05) is 40.0 Å². The molecule has 0 amide bonds. The molecule has 0 aromatic carbocycles. The second kappa shape index (κ2) is 42.2. The first-order chi connectivity index (χ1) is 33.3. The molecule has 0 aliphatic rings. The van der Waals surface area contributed by atoms with Gasteiger partial charge in [0, 0.05) is 102 Å². The summed E-state index contributed by atoms with van der Waals surface area (Å²) >= 11 is 0. The van der Waals surface area contributed by atoms with Crippen LogP contribution < -0.4 is 26.6 Å². The van der Waals surface area contributed by atoms with Crippen molar-refractivity contribution >= 4 is 21.0 Å². The van der Waals surface area contributed by atoms with Crippen LogP contribution in [-0.2, 0) is 41.5 Å². The Morgan fingerprint density at radius 2 is 1.03 bits per heavy atom. The topological polar surface area (TPSA) is 312 Å². The quantitative estimate of drug-likeness (QED) is 0.0203. The van der Waals surface area contributed by atoms with Gasteiger partial charge in [0.05, 0.1) is 38.4 Å². The summed E-state index contributed by atoms with van der Waals surface area (Å²) in [4.78, 5) is 42.5. The second-order valence-corrected chi connectivity index (χ2v) is 17.6. The lowest BCUT2D eigenvalue weighted by Gasteiger charge is -2.25. The molecule has 0 saturated heterocycles. The number of unbranched alkanes of at least 4 members (excludes halogenated alkanes) is 3. The molecule has 0 aliphatic carbocycles. The first-order valence-corrected chi connectivity index (χ1v) is 25.8. The number of carbonyl (C=O) groups is 2. The van der Waals surface area contributed by atoms with Gasteiger partial charge in [0.25, 0.3) is 0 Å². The van der Waals surface area contributed by atoms with Crippen molar-refractivity contribution in [2.24, 2.45) is 0 Å². The first kappa shape index (κ1) is 64.7. The van der Waals surface area contributed by atoms with E-state index in [-0.39, 0.29) is 25.2 Å². The number of hydrogen-bond donors (Lipinski definition) is 13. The minimum atomic E-state index is -1.77. The van der Waals surface area contributed by atoms with Crippen LogP contribution in [0.25, 0.3) is 0 Å². The van der Waals surface area contributed by atoms with Crippen molar-refractivity contribution in [3.63, 3.8) is 0 Å². The number of carbonyl (C=O) groups excluding carboxylic acids is 2. The molecule has 0 radical (unpaired) electrons. The fourth-order valence-electron chi connectivity index (χ4n) is 6.77. The van der Waals surface area contributed by atoms with Crippen molar-refractivity contribution in [3.05, 3.63) is 23.0 Å². The van der Waals surface area contributed by atoms with Crippen molar-refractivity contribution in [1.82, 2.24) is 41.4 Å². The largest absolute Gasteiger partial charge is 0.506 e. The van der Waals surface area contributed by atoms with Crippen LogP contribution in [0.15, 0.2) is 6.20 Å². The number of nitrogens with zero attached hydrogens (tertiary/aromatic N) is 3. The molecule has 0 spiro atoms. The smallest absolute Gasteiger partial charge is 0.307 e. The van der Waals surface area contributed by atoms with Gasteiger partial charge in [0.15, 0.2) is 9.03 Å². The Labute approximate surface area is 412 Å². The van der Waals surface area contributed by atoms with Crippen molar-refractivity contribution < 1.29 is 69.0 Å². The van der Waals surface area contributed by atoms with E-state index in [4.69, 9.17) is 23.6 Å². The molecular weight excluding hydrogens is 920 g/mol. The molecule has 1 aromatic rings. The fourth-order valence-corrected chi connectivity index (χ4v) is 6.99. The maximum Gasteiger partial charge on any atom is 0.307 e. The lowest BCUT2D eigenvalue weighted by atomic mass is 10.1. The molecule has 7 atom stereocenters. The van der Waals surface area contributed by atoms with Crippen LogP contribution in [0.3, 0.4) is 0 Å². The van der Waals surface area contributed by atoms with Crippen LogP contribution in [0, 0.1) is 6.92 Å². The summed E-state index contributed by atoms with van der Waals surface area (Å²) in [6.07, 6.45) is -1.65. The zero-order chi connectivity index (χ0) is 51.1. The molecular formula is C46H91N8O14P. The van der Waals surface area contributed by atoms with E-state index in [0.29, 0.717) is 69.2 Å². The van der Waals surface area contributed by atoms with E-state index in [0.717, 1.165) is 90.9 Å². The summed E-state index contributed by atoms with van der Waals surface area (Å²) in [6, 6.07) is 0. The lowest BCUT2D eigenvalue weighted by Crippen LogP contribution is -2.45. The van der Waals surface area contributed by atoms with E-state index in [1.807, 2.05) is 0 Å². The molecule has 404 valence electrons. The van der Waals surface area contributed by atoms with Crippen molar-refractivity contribution in [2.75, 3.05) is 125 Å². The van der Waals surface area contributed by atoms with Gasteiger partial charge in [-0.2, -0.15) is 0 Å². The molecule has 0 saturated carbocycles. The van der Waals surface area contributed by atoms with Crippen LogP contribution in [0.1, 0.15) is 89.0 Å². The summed E-state index contributed by atoms with van der Waals surface area (Å²) in [6.45, 7) is 17.7. The zero-order valence-corrected chi connectivity index (χ0v) is 42.9. The number of aliphatic hydroxyl groups excluding tert-OH is 6. The monoisotopic (exact) mass is 1010 g/mol. The normalized spacial score (nSPS) is 14.7. The van der Waals surface area contributed by atoms with E-state index < -0.39 is 84.0 Å². The van der Waals surface area contributed by atoms with Crippen LogP contribution in [0.2, 0.25) is 0 Å². The number of nitrogens with one attached hydrogen (secondary N) is 5. The Bertz CT molecular complexity index is 1440. The summed E-state index contributed by atoms with van der Waals surface area (Å²) < 4.78 is 20.5. The Hall–Kier alpha value is -2.32. The third-order valence-electron chi connectivity index (χ3n) is 11.3. The van der Waals surface area contributed by atoms with Gasteiger partial charge < -0.3 is 90.9 Å². The Kier molecular flexibility index (Phi) is 39.6.